The summed E-state index contributed by atoms with van der Waals surface area (Å²) in [6, 6.07) is 10.9. The van der Waals surface area contributed by atoms with Crippen molar-refractivity contribution >= 4 is 5.69 Å². The van der Waals surface area contributed by atoms with Gasteiger partial charge >= 0.3 is 0 Å². The summed E-state index contributed by atoms with van der Waals surface area (Å²) >= 11 is 0. The van der Waals surface area contributed by atoms with Crippen LogP contribution < -0.4 is 5.32 Å². The summed E-state index contributed by atoms with van der Waals surface area (Å²) < 4.78 is 0. The first kappa shape index (κ1) is 12.0. The fourth-order valence-electron chi connectivity index (χ4n) is 2.35. The molecule has 2 unspecified atom stereocenters. The van der Waals surface area contributed by atoms with Gasteiger partial charge in [-0.1, -0.05) is 42.0 Å². The van der Waals surface area contributed by atoms with Crippen LogP contribution in [0, 0.1) is 5.92 Å². The van der Waals surface area contributed by atoms with E-state index in [0.717, 1.165) is 12.8 Å². The molecular formula is C16H21N. The van der Waals surface area contributed by atoms with E-state index in [-0.39, 0.29) is 0 Å². The Kier molecular flexibility index (Phi) is 3.68. The fourth-order valence-corrected chi connectivity index (χ4v) is 2.35. The topological polar surface area (TPSA) is 12.0 Å². The minimum absolute atomic E-state index is 0.452. The van der Waals surface area contributed by atoms with E-state index in [0.29, 0.717) is 12.0 Å². The normalized spacial score (nSPS) is 24.0. The summed E-state index contributed by atoms with van der Waals surface area (Å²) in [7, 11) is 0. The predicted octanol–water partition coefficient (Wildman–Crippen LogP) is 4.40. The zero-order valence-corrected chi connectivity index (χ0v) is 10.7. The smallest absolute Gasteiger partial charge is 0.0476 e. The Bertz CT molecular complexity index is 416. The minimum atomic E-state index is 0.452. The molecule has 2 rings (SSSR count). The van der Waals surface area contributed by atoms with E-state index in [1.807, 2.05) is 6.07 Å². The lowest BCUT2D eigenvalue weighted by molar-refractivity contribution is 0.510. The predicted molar refractivity (Wildman–Crippen MR) is 75.1 cm³/mol. The van der Waals surface area contributed by atoms with Gasteiger partial charge in [0, 0.05) is 11.7 Å². The molecule has 0 saturated carbocycles. The molecule has 0 aliphatic heterocycles. The first-order valence-electron chi connectivity index (χ1n) is 6.30. The molecule has 0 aromatic heterocycles. The molecule has 0 heterocycles. The van der Waals surface area contributed by atoms with Crippen LogP contribution in [0.4, 0.5) is 5.69 Å². The van der Waals surface area contributed by atoms with E-state index in [9.17, 15) is 0 Å². The van der Waals surface area contributed by atoms with E-state index < -0.39 is 0 Å². The Morgan fingerprint density at radius 1 is 1.29 bits per heavy atom. The van der Waals surface area contributed by atoms with Crippen LogP contribution in [0.15, 0.2) is 54.1 Å². The molecule has 1 aromatic rings. The summed E-state index contributed by atoms with van der Waals surface area (Å²) in [6.45, 7) is 8.44. The number of allylic oxidation sites excluding steroid dienone is 2. The van der Waals surface area contributed by atoms with Crippen LogP contribution >= 0.6 is 0 Å². The minimum Gasteiger partial charge on any atom is -0.379 e. The van der Waals surface area contributed by atoms with Crippen molar-refractivity contribution in [3.8, 4) is 0 Å². The van der Waals surface area contributed by atoms with Gasteiger partial charge in [-0.25, -0.2) is 0 Å². The maximum atomic E-state index is 4.09. The molecule has 2 atom stereocenters. The van der Waals surface area contributed by atoms with Crippen LogP contribution in [-0.2, 0) is 0 Å². The third kappa shape index (κ3) is 3.00. The number of nitrogens with one attached hydrogen (secondary N) is 1. The van der Waals surface area contributed by atoms with Crippen molar-refractivity contribution in [1.29, 1.82) is 0 Å². The average molecular weight is 227 g/mol. The zero-order chi connectivity index (χ0) is 12.3. The summed E-state index contributed by atoms with van der Waals surface area (Å²) in [4.78, 5) is 0. The second kappa shape index (κ2) is 5.22. The third-order valence-electron chi connectivity index (χ3n) is 3.61. The summed E-state index contributed by atoms with van der Waals surface area (Å²) in [5.41, 5.74) is 3.95. The molecule has 1 aromatic carbocycles. The van der Waals surface area contributed by atoms with Crippen molar-refractivity contribution in [3.05, 3.63) is 54.1 Å². The van der Waals surface area contributed by atoms with Gasteiger partial charge in [-0.15, -0.1) is 0 Å². The molecule has 1 heteroatoms. The van der Waals surface area contributed by atoms with Gasteiger partial charge in [0.1, 0.15) is 0 Å². The van der Waals surface area contributed by atoms with Crippen molar-refractivity contribution in [2.45, 2.75) is 32.7 Å². The van der Waals surface area contributed by atoms with E-state index in [4.69, 9.17) is 0 Å². The monoisotopic (exact) mass is 227 g/mol. The molecule has 0 fully saturated rings. The van der Waals surface area contributed by atoms with Crippen LogP contribution in [0.2, 0.25) is 0 Å². The molecule has 0 amide bonds. The lowest BCUT2D eigenvalue weighted by Crippen LogP contribution is -2.27. The molecule has 1 N–H and O–H groups in total. The molecule has 17 heavy (non-hydrogen) atoms. The molecule has 0 spiro atoms. The number of benzene rings is 1. The molecule has 0 bridgehead atoms. The Morgan fingerprint density at radius 3 is 2.65 bits per heavy atom. The van der Waals surface area contributed by atoms with E-state index in [1.54, 1.807) is 0 Å². The van der Waals surface area contributed by atoms with Crippen molar-refractivity contribution in [3.63, 3.8) is 0 Å². The van der Waals surface area contributed by atoms with Crippen LogP contribution in [0.3, 0.4) is 0 Å². The van der Waals surface area contributed by atoms with Crippen LogP contribution in [0.1, 0.15) is 26.7 Å². The number of hydrogen-bond acceptors (Lipinski definition) is 1. The van der Waals surface area contributed by atoms with E-state index in [1.165, 1.54) is 16.8 Å². The van der Waals surface area contributed by atoms with Crippen molar-refractivity contribution in [1.82, 2.24) is 0 Å². The van der Waals surface area contributed by atoms with Gasteiger partial charge in [0.2, 0.25) is 0 Å². The van der Waals surface area contributed by atoms with Gasteiger partial charge in [0.25, 0.3) is 0 Å². The second-order valence-electron chi connectivity index (χ2n) is 5.03. The first-order valence-corrected chi connectivity index (χ1v) is 6.30. The summed E-state index contributed by atoms with van der Waals surface area (Å²) in [5.74, 6) is 0.625. The Hall–Kier alpha value is -1.50. The highest BCUT2D eigenvalue weighted by Crippen LogP contribution is 2.30. The molecule has 1 aliphatic rings. The fraction of sp³-hybridized carbons (Fsp3) is 0.375. The van der Waals surface area contributed by atoms with Crippen LogP contribution in [0.5, 0.6) is 0 Å². The largest absolute Gasteiger partial charge is 0.379 e. The summed E-state index contributed by atoms with van der Waals surface area (Å²) in [6.07, 6.45) is 4.66. The van der Waals surface area contributed by atoms with Crippen molar-refractivity contribution in [2.75, 3.05) is 5.32 Å². The molecule has 0 radical (unpaired) electrons. The Morgan fingerprint density at radius 2 is 2.00 bits per heavy atom. The highest BCUT2D eigenvalue weighted by molar-refractivity contribution is 5.45. The number of rotatable bonds is 3. The van der Waals surface area contributed by atoms with Gasteiger partial charge in [-0.2, -0.15) is 0 Å². The average Bonchev–Trinajstić information content (AvgIpc) is 2.33. The Labute approximate surface area is 104 Å². The lowest BCUT2D eigenvalue weighted by Gasteiger charge is -2.30. The third-order valence-corrected chi connectivity index (χ3v) is 3.61. The highest BCUT2D eigenvalue weighted by atomic mass is 14.9. The molecule has 1 aliphatic carbocycles. The second-order valence-corrected chi connectivity index (χ2v) is 5.03. The lowest BCUT2D eigenvalue weighted by atomic mass is 9.83. The molecule has 1 nitrogen and oxygen atoms in total. The van der Waals surface area contributed by atoms with E-state index >= 15 is 0 Å². The van der Waals surface area contributed by atoms with Crippen LogP contribution in [-0.4, -0.2) is 6.04 Å². The SMILES string of the molecule is C=C(C)C1CC=C(C)C(Nc2ccccc2)C1. The standard InChI is InChI=1S/C16H21N/c1-12(2)14-10-9-13(3)16(11-14)17-15-7-5-4-6-8-15/h4-9,14,16-17H,1,10-11H2,2-3H3. The van der Waals surface area contributed by atoms with Gasteiger partial charge in [0.15, 0.2) is 0 Å². The number of hydrogen-bond donors (Lipinski definition) is 1. The zero-order valence-electron chi connectivity index (χ0n) is 10.7. The van der Waals surface area contributed by atoms with Gasteiger partial charge in [0.05, 0.1) is 0 Å². The Balaban J connectivity index is 2.07. The van der Waals surface area contributed by atoms with Gasteiger partial charge < -0.3 is 5.32 Å². The van der Waals surface area contributed by atoms with E-state index in [2.05, 4.69) is 56.1 Å². The molecular weight excluding hydrogens is 206 g/mol. The number of para-hydroxylation sites is 1. The summed E-state index contributed by atoms with van der Waals surface area (Å²) in [5, 5.41) is 3.61. The maximum Gasteiger partial charge on any atom is 0.0476 e. The molecule has 0 saturated heterocycles. The number of anilines is 1. The van der Waals surface area contributed by atoms with Crippen LogP contribution in [0.25, 0.3) is 0 Å². The van der Waals surface area contributed by atoms with Gasteiger partial charge in [-0.05, 0) is 44.7 Å². The first-order chi connectivity index (χ1) is 8.16. The quantitative estimate of drug-likeness (QED) is 0.755. The maximum absolute atomic E-state index is 4.09. The highest BCUT2D eigenvalue weighted by Gasteiger charge is 2.22. The molecule has 90 valence electrons. The van der Waals surface area contributed by atoms with Crippen molar-refractivity contribution < 1.29 is 0 Å². The van der Waals surface area contributed by atoms with Crippen molar-refractivity contribution in [2.24, 2.45) is 5.92 Å². The van der Waals surface area contributed by atoms with Gasteiger partial charge in [-0.3, -0.25) is 0 Å².